The van der Waals surface area contributed by atoms with Crippen LogP contribution < -0.4 is 5.32 Å². The first-order valence-electron chi connectivity index (χ1n) is 8.29. The average Bonchev–Trinajstić information content (AvgIpc) is 2.80. The van der Waals surface area contributed by atoms with Gasteiger partial charge in [-0.25, -0.2) is 0 Å². The third-order valence-electron chi connectivity index (χ3n) is 5.02. The van der Waals surface area contributed by atoms with E-state index >= 15 is 0 Å². The molecule has 2 rings (SSSR count). The molecule has 0 spiro atoms. The molecule has 0 aromatic rings. The Labute approximate surface area is 114 Å². The SMILES string of the molecule is CCCC1CCN(CC2CCCC2NCC)CC1. The Kier molecular flexibility index (Phi) is 5.97. The Morgan fingerprint density at radius 3 is 2.50 bits per heavy atom. The minimum atomic E-state index is 0.809. The number of hydrogen-bond donors (Lipinski definition) is 1. The lowest BCUT2D eigenvalue weighted by Gasteiger charge is -2.35. The van der Waals surface area contributed by atoms with E-state index in [1.54, 1.807) is 0 Å². The third kappa shape index (κ3) is 3.96. The number of piperidine rings is 1. The predicted molar refractivity (Wildman–Crippen MR) is 78.9 cm³/mol. The summed E-state index contributed by atoms with van der Waals surface area (Å²) >= 11 is 0. The first-order valence-corrected chi connectivity index (χ1v) is 8.29. The molecule has 2 aliphatic rings. The van der Waals surface area contributed by atoms with Crippen molar-refractivity contribution in [3.05, 3.63) is 0 Å². The van der Waals surface area contributed by atoms with Crippen molar-refractivity contribution in [2.45, 2.75) is 64.8 Å². The second kappa shape index (κ2) is 7.49. The quantitative estimate of drug-likeness (QED) is 0.780. The van der Waals surface area contributed by atoms with Gasteiger partial charge in [-0.05, 0) is 57.2 Å². The minimum absolute atomic E-state index is 0.809. The largest absolute Gasteiger partial charge is 0.314 e. The Hall–Kier alpha value is -0.0800. The highest BCUT2D eigenvalue weighted by molar-refractivity contribution is 4.86. The summed E-state index contributed by atoms with van der Waals surface area (Å²) in [5.41, 5.74) is 0. The molecule has 0 aromatic heterocycles. The van der Waals surface area contributed by atoms with Gasteiger partial charge in [0.25, 0.3) is 0 Å². The van der Waals surface area contributed by atoms with Crippen LogP contribution in [-0.4, -0.2) is 37.1 Å². The highest BCUT2D eigenvalue weighted by Crippen LogP contribution is 2.28. The van der Waals surface area contributed by atoms with Crippen molar-refractivity contribution in [1.29, 1.82) is 0 Å². The molecule has 2 heteroatoms. The molecule has 1 saturated heterocycles. The Bertz CT molecular complexity index is 221. The van der Waals surface area contributed by atoms with Crippen molar-refractivity contribution in [2.75, 3.05) is 26.2 Å². The fourth-order valence-electron chi connectivity index (χ4n) is 3.98. The summed E-state index contributed by atoms with van der Waals surface area (Å²) in [5, 5.41) is 3.69. The lowest BCUT2D eigenvalue weighted by Crippen LogP contribution is -2.42. The number of nitrogens with zero attached hydrogens (tertiary/aromatic N) is 1. The van der Waals surface area contributed by atoms with Crippen LogP contribution in [-0.2, 0) is 0 Å². The molecule has 2 fully saturated rings. The van der Waals surface area contributed by atoms with Crippen LogP contribution in [0.4, 0.5) is 0 Å². The van der Waals surface area contributed by atoms with Crippen molar-refractivity contribution in [1.82, 2.24) is 10.2 Å². The Balaban J connectivity index is 1.70. The summed E-state index contributed by atoms with van der Waals surface area (Å²) < 4.78 is 0. The summed E-state index contributed by atoms with van der Waals surface area (Å²) in [6.45, 7) is 9.79. The van der Waals surface area contributed by atoms with E-state index in [2.05, 4.69) is 24.1 Å². The van der Waals surface area contributed by atoms with Crippen LogP contribution >= 0.6 is 0 Å². The van der Waals surface area contributed by atoms with Crippen molar-refractivity contribution in [3.63, 3.8) is 0 Å². The van der Waals surface area contributed by atoms with Crippen LogP contribution in [0.2, 0.25) is 0 Å². The van der Waals surface area contributed by atoms with Crippen molar-refractivity contribution in [2.24, 2.45) is 11.8 Å². The molecule has 2 nitrogen and oxygen atoms in total. The molecule has 1 aliphatic heterocycles. The normalized spacial score (nSPS) is 31.0. The van der Waals surface area contributed by atoms with Gasteiger partial charge in [-0.3, -0.25) is 0 Å². The molecule has 18 heavy (non-hydrogen) atoms. The molecule has 1 heterocycles. The molecule has 2 unspecified atom stereocenters. The lowest BCUT2D eigenvalue weighted by molar-refractivity contribution is 0.148. The van der Waals surface area contributed by atoms with Crippen LogP contribution in [0, 0.1) is 11.8 Å². The molecule has 106 valence electrons. The monoisotopic (exact) mass is 252 g/mol. The summed E-state index contributed by atoms with van der Waals surface area (Å²) in [6.07, 6.45) is 10.0. The number of hydrogen-bond acceptors (Lipinski definition) is 2. The van der Waals surface area contributed by atoms with Gasteiger partial charge in [0.1, 0.15) is 0 Å². The van der Waals surface area contributed by atoms with E-state index in [1.807, 2.05) is 0 Å². The molecule has 2 atom stereocenters. The van der Waals surface area contributed by atoms with Crippen LogP contribution in [0.1, 0.15) is 58.8 Å². The number of rotatable bonds is 6. The predicted octanol–water partition coefficient (Wildman–Crippen LogP) is 3.28. The molecular weight excluding hydrogens is 220 g/mol. The lowest BCUT2D eigenvalue weighted by atomic mass is 9.91. The second-order valence-electron chi connectivity index (χ2n) is 6.39. The van der Waals surface area contributed by atoms with Gasteiger partial charge >= 0.3 is 0 Å². The Morgan fingerprint density at radius 1 is 1.06 bits per heavy atom. The van der Waals surface area contributed by atoms with Gasteiger partial charge in [0.15, 0.2) is 0 Å². The minimum Gasteiger partial charge on any atom is -0.314 e. The van der Waals surface area contributed by atoms with E-state index in [9.17, 15) is 0 Å². The Morgan fingerprint density at radius 2 is 1.83 bits per heavy atom. The molecule has 0 bridgehead atoms. The van der Waals surface area contributed by atoms with Crippen LogP contribution in [0.25, 0.3) is 0 Å². The molecule has 1 N–H and O–H groups in total. The van der Waals surface area contributed by atoms with Gasteiger partial charge in [-0.1, -0.05) is 33.1 Å². The zero-order valence-electron chi connectivity index (χ0n) is 12.5. The van der Waals surface area contributed by atoms with Crippen molar-refractivity contribution in [3.8, 4) is 0 Å². The van der Waals surface area contributed by atoms with Crippen LogP contribution in [0.5, 0.6) is 0 Å². The van der Waals surface area contributed by atoms with Crippen LogP contribution in [0.3, 0.4) is 0 Å². The fourth-order valence-corrected chi connectivity index (χ4v) is 3.98. The van der Waals surface area contributed by atoms with Gasteiger partial charge in [0, 0.05) is 12.6 Å². The molecule has 0 radical (unpaired) electrons. The highest BCUT2D eigenvalue weighted by atomic mass is 15.1. The van der Waals surface area contributed by atoms with Gasteiger partial charge < -0.3 is 10.2 Å². The third-order valence-corrected chi connectivity index (χ3v) is 5.02. The summed E-state index contributed by atoms with van der Waals surface area (Å²) in [4.78, 5) is 2.74. The molecule has 1 aliphatic carbocycles. The fraction of sp³-hybridized carbons (Fsp3) is 1.00. The second-order valence-corrected chi connectivity index (χ2v) is 6.39. The van der Waals surface area contributed by atoms with Crippen molar-refractivity contribution >= 4 is 0 Å². The van der Waals surface area contributed by atoms with E-state index < -0.39 is 0 Å². The maximum atomic E-state index is 3.69. The standard InChI is InChI=1S/C16H32N2/c1-3-6-14-9-11-18(12-10-14)13-15-7-5-8-16(15)17-4-2/h14-17H,3-13H2,1-2H3. The number of likely N-dealkylation sites (tertiary alicyclic amines) is 1. The maximum absolute atomic E-state index is 3.69. The number of nitrogens with one attached hydrogen (secondary N) is 1. The molecular formula is C16H32N2. The van der Waals surface area contributed by atoms with E-state index in [4.69, 9.17) is 0 Å². The van der Waals surface area contributed by atoms with Crippen molar-refractivity contribution < 1.29 is 0 Å². The average molecular weight is 252 g/mol. The molecule has 1 saturated carbocycles. The first-order chi connectivity index (χ1) is 8.83. The topological polar surface area (TPSA) is 15.3 Å². The van der Waals surface area contributed by atoms with Gasteiger partial charge in [-0.15, -0.1) is 0 Å². The van der Waals surface area contributed by atoms with Gasteiger partial charge in [-0.2, -0.15) is 0 Å². The summed E-state index contributed by atoms with van der Waals surface area (Å²) in [6, 6.07) is 0.809. The molecule has 0 amide bonds. The smallest absolute Gasteiger partial charge is 0.0107 e. The summed E-state index contributed by atoms with van der Waals surface area (Å²) in [7, 11) is 0. The van der Waals surface area contributed by atoms with E-state index in [1.165, 1.54) is 64.6 Å². The highest BCUT2D eigenvalue weighted by Gasteiger charge is 2.29. The van der Waals surface area contributed by atoms with Crippen LogP contribution in [0.15, 0.2) is 0 Å². The van der Waals surface area contributed by atoms with E-state index in [0.717, 1.165) is 24.4 Å². The summed E-state index contributed by atoms with van der Waals surface area (Å²) in [5.74, 6) is 1.95. The maximum Gasteiger partial charge on any atom is 0.0107 e. The first kappa shape index (κ1) is 14.3. The van der Waals surface area contributed by atoms with Gasteiger partial charge in [0.05, 0.1) is 0 Å². The zero-order chi connectivity index (χ0) is 12.8. The van der Waals surface area contributed by atoms with E-state index in [-0.39, 0.29) is 0 Å². The molecule has 0 aromatic carbocycles. The van der Waals surface area contributed by atoms with E-state index in [0.29, 0.717) is 0 Å². The zero-order valence-corrected chi connectivity index (χ0v) is 12.5. The van der Waals surface area contributed by atoms with Gasteiger partial charge in [0.2, 0.25) is 0 Å².